The highest BCUT2D eigenvalue weighted by molar-refractivity contribution is 5.98. The second-order valence-electron chi connectivity index (χ2n) is 10.5. The van der Waals surface area contributed by atoms with Gasteiger partial charge in [0, 0.05) is 24.0 Å². The predicted molar refractivity (Wildman–Crippen MR) is 152 cm³/mol. The van der Waals surface area contributed by atoms with Crippen LogP contribution in [0.5, 0.6) is 11.5 Å². The quantitative estimate of drug-likeness (QED) is 0.281. The molecule has 2 aliphatic rings. The fourth-order valence-electron chi connectivity index (χ4n) is 5.35. The Kier molecular flexibility index (Phi) is 8.56. The summed E-state index contributed by atoms with van der Waals surface area (Å²) in [5.41, 5.74) is 1.70. The van der Waals surface area contributed by atoms with Crippen LogP contribution in [-0.2, 0) is 19.1 Å². The van der Waals surface area contributed by atoms with Gasteiger partial charge in [0.15, 0.2) is 0 Å². The topological polar surface area (TPSA) is 129 Å². The van der Waals surface area contributed by atoms with Crippen LogP contribution in [0.1, 0.15) is 95.4 Å². The first-order valence-corrected chi connectivity index (χ1v) is 14.0. The zero-order valence-electron chi connectivity index (χ0n) is 23.5. The number of ketones is 1. The maximum absolute atomic E-state index is 13.4. The Labute approximate surface area is 243 Å². The van der Waals surface area contributed by atoms with Gasteiger partial charge >= 0.3 is 17.9 Å². The molecule has 0 fully saturated rings. The van der Waals surface area contributed by atoms with Crippen molar-refractivity contribution in [2.45, 2.75) is 63.9 Å². The lowest BCUT2D eigenvalue weighted by Gasteiger charge is -2.26. The molecule has 9 nitrogen and oxygen atoms in total. The van der Waals surface area contributed by atoms with Crippen molar-refractivity contribution in [3.05, 3.63) is 76.6 Å². The molecule has 2 aliphatic heterocycles. The molecule has 3 heterocycles. The van der Waals surface area contributed by atoms with Crippen molar-refractivity contribution in [3.8, 4) is 22.8 Å². The van der Waals surface area contributed by atoms with Crippen molar-refractivity contribution >= 4 is 29.8 Å². The van der Waals surface area contributed by atoms with Crippen LogP contribution < -0.4 is 4.74 Å². The van der Waals surface area contributed by atoms with Crippen molar-refractivity contribution in [2.75, 3.05) is 7.11 Å². The number of ether oxygens (including phenoxy) is 3. The fraction of sp³-hybridized carbons (Fsp3) is 0.333. The summed E-state index contributed by atoms with van der Waals surface area (Å²) in [5.74, 6) is -1.50. The molecule has 0 aliphatic carbocycles. The van der Waals surface area contributed by atoms with Gasteiger partial charge in [-0.3, -0.25) is 9.59 Å². The minimum atomic E-state index is -0.719. The molecule has 0 spiro atoms. The predicted octanol–water partition coefficient (Wildman–Crippen LogP) is 6.36. The average Bonchev–Trinajstić information content (AvgIpc) is 3.46. The fourth-order valence-corrected chi connectivity index (χ4v) is 5.35. The number of cyclic esters (lactones) is 1. The molecule has 0 radical (unpaired) electrons. The first-order chi connectivity index (χ1) is 20.2. The number of phenols is 1. The highest BCUT2D eigenvalue weighted by Crippen LogP contribution is 2.48. The zero-order valence-corrected chi connectivity index (χ0v) is 23.5. The molecule has 5 rings (SSSR count). The molecule has 2 aromatic carbocycles. The van der Waals surface area contributed by atoms with Crippen LogP contribution in [0.2, 0.25) is 0 Å². The van der Waals surface area contributed by atoms with E-state index in [9.17, 15) is 24.3 Å². The molecular formula is C33H32O9. The molecule has 0 saturated carbocycles. The number of hydrogen-bond acceptors (Lipinski definition) is 9. The molecule has 9 heteroatoms. The maximum atomic E-state index is 13.4. The third kappa shape index (κ3) is 6.15. The number of Topliss-reactive ketones (excluding diaryl/α,β-unsaturated/α-hetero) is 1. The first-order valence-electron chi connectivity index (χ1n) is 14.0. The summed E-state index contributed by atoms with van der Waals surface area (Å²) in [7, 11) is 1.31. The SMILES string of the molecule is COC(=O)c1ccc(-c2ccc([C@@H]3CC(=O)Oc4cc5c(c(O)c43)C(=O)O[C@H](C)CCCC(=O)CCCC=C5)o2)cc1. The summed E-state index contributed by atoms with van der Waals surface area (Å²) in [6, 6.07) is 11.7. The summed E-state index contributed by atoms with van der Waals surface area (Å²) < 4.78 is 22.1. The van der Waals surface area contributed by atoms with Crippen molar-refractivity contribution in [1.29, 1.82) is 0 Å². The first kappa shape index (κ1) is 28.9. The number of methoxy groups -OCH3 is 1. The number of carbonyl (C=O) groups is 4. The molecule has 0 unspecified atom stereocenters. The van der Waals surface area contributed by atoms with Gasteiger partial charge in [-0.15, -0.1) is 0 Å². The highest BCUT2D eigenvalue weighted by Gasteiger charge is 2.37. The number of fused-ring (bicyclic) bond motifs is 2. The van der Waals surface area contributed by atoms with Crippen molar-refractivity contribution in [1.82, 2.24) is 0 Å². The number of benzene rings is 2. The molecule has 0 amide bonds. The van der Waals surface area contributed by atoms with Crippen molar-refractivity contribution in [3.63, 3.8) is 0 Å². The van der Waals surface area contributed by atoms with Gasteiger partial charge in [0.05, 0.1) is 31.1 Å². The van der Waals surface area contributed by atoms with E-state index in [2.05, 4.69) is 0 Å². The maximum Gasteiger partial charge on any atom is 0.342 e. The summed E-state index contributed by atoms with van der Waals surface area (Å²) in [5, 5.41) is 11.6. The Hall–Kier alpha value is -4.66. The Morgan fingerprint density at radius 2 is 1.79 bits per heavy atom. The molecule has 42 heavy (non-hydrogen) atoms. The average molecular weight is 573 g/mol. The number of rotatable bonds is 3. The lowest BCUT2D eigenvalue weighted by atomic mass is 9.86. The van der Waals surface area contributed by atoms with Gasteiger partial charge in [0.2, 0.25) is 0 Å². The monoisotopic (exact) mass is 572 g/mol. The van der Waals surface area contributed by atoms with Crippen LogP contribution in [0.25, 0.3) is 17.4 Å². The van der Waals surface area contributed by atoms with E-state index < -0.39 is 29.9 Å². The summed E-state index contributed by atoms with van der Waals surface area (Å²) in [6.07, 6.45) is 6.24. The molecular weight excluding hydrogens is 540 g/mol. The van der Waals surface area contributed by atoms with E-state index in [-0.39, 0.29) is 34.8 Å². The second kappa shape index (κ2) is 12.5. The van der Waals surface area contributed by atoms with E-state index in [1.54, 1.807) is 55.5 Å². The molecule has 218 valence electrons. The third-order valence-corrected chi connectivity index (χ3v) is 7.54. The zero-order chi connectivity index (χ0) is 29.8. The third-order valence-electron chi connectivity index (χ3n) is 7.54. The summed E-state index contributed by atoms with van der Waals surface area (Å²) in [6.45, 7) is 1.76. The van der Waals surface area contributed by atoms with Crippen LogP contribution in [-0.4, -0.2) is 42.0 Å². The highest BCUT2D eigenvalue weighted by atomic mass is 16.5. The molecule has 1 N–H and O–H groups in total. The molecule has 1 aromatic heterocycles. The lowest BCUT2D eigenvalue weighted by molar-refractivity contribution is -0.135. The van der Waals surface area contributed by atoms with Crippen LogP contribution in [0.15, 0.2) is 53.0 Å². The second-order valence-corrected chi connectivity index (χ2v) is 10.5. The number of phenolic OH excluding ortho intramolecular Hbond substituents is 1. The standard InChI is InChI=1S/C33H32O9/c1-19-7-6-10-23(34)9-5-3-4-8-22-17-27-30(31(36)29(22)33(38)40-19)24(18-28(35)42-27)26-16-15-25(41-26)20-11-13-21(14-12-20)32(37)39-2/h4,8,11-17,19,24,36H,3,5-7,9-10,18H2,1-2H3/t19-,24+/m1/s1. The van der Waals surface area contributed by atoms with E-state index in [1.807, 2.05) is 6.08 Å². The van der Waals surface area contributed by atoms with Crippen LogP contribution in [0.3, 0.4) is 0 Å². The normalized spacial score (nSPS) is 19.6. The Bertz CT molecular complexity index is 1540. The minimum Gasteiger partial charge on any atom is -0.507 e. The molecule has 0 saturated heterocycles. The van der Waals surface area contributed by atoms with E-state index in [0.717, 1.165) is 0 Å². The van der Waals surface area contributed by atoms with Gasteiger partial charge in [0.25, 0.3) is 0 Å². The van der Waals surface area contributed by atoms with Crippen molar-refractivity contribution < 1.29 is 42.9 Å². The number of esters is 3. The van der Waals surface area contributed by atoms with E-state index in [4.69, 9.17) is 18.6 Å². The number of allylic oxidation sites excluding steroid dienone is 1. The van der Waals surface area contributed by atoms with Crippen LogP contribution in [0.4, 0.5) is 0 Å². The van der Waals surface area contributed by atoms with E-state index in [1.165, 1.54) is 7.11 Å². The van der Waals surface area contributed by atoms with Gasteiger partial charge in [0.1, 0.15) is 34.4 Å². The number of carbonyl (C=O) groups excluding carboxylic acids is 4. The van der Waals surface area contributed by atoms with Gasteiger partial charge < -0.3 is 23.7 Å². The number of aromatic hydroxyl groups is 1. The van der Waals surface area contributed by atoms with Gasteiger partial charge in [-0.25, -0.2) is 9.59 Å². The van der Waals surface area contributed by atoms with E-state index in [0.29, 0.717) is 66.7 Å². The lowest BCUT2D eigenvalue weighted by Crippen LogP contribution is -2.23. The molecule has 3 aromatic rings. The van der Waals surface area contributed by atoms with Crippen LogP contribution in [0, 0.1) is 0 Å². The number of hydrogen-bond donors (Lipinski definition) is 1. The van der Waals surface area contributed by atoms with Gasteiger partial charge in [-0.1, -0.05) is 24.3 Å². The van der Waals surface area contributed by atoms with Gasteiger partial charge in [-0.2, -0.15) is 0 Å². The Morgan fingerprint density at radius 1 is 1.02 bits per heavy atom. The molecule has 0 bridgehead atoms. The summed E-state index contributed by atoms with van der Waals surface area (Å²) in [4.78, 5) is 50.0. The Balaban J connectivity index is 1.53. The largest absolute Gasteiger partial charge is 0.507 e. The Morgan fingerprint density at radius 3 is 2.55 bits per heavy atom. The van der Waals surface area contributed by atoms with Crippen LogP contribution >= 0.6 is 0 Å². The van der Waals surface area contributed by atoms with Crippen molar-refractivity contribution in [2.24, 2.45) is 0 Å². The number of furan rings is 1. The van der Waals surface area contributed by atoms with E-state index >= 15 is 0 Å². The smallest absolute Gasteiger partial charge is 0.342 e. The summed E-state index contributed by atoms with van der Waals surface area (Å²) >= 11 is 0. The van der Waals surface area contributed by atoms with Gasteiger partial charge in [-0.05, 0) is 68.5 Å². The minimum absolute atomic E-state index is 0.0156. The molecule has 2 atom stereocenters.